The van der Waals surface area contributed by atoms with Gasteiger partial charge in [0.15, 0.2) is 17.3 Å². The first-order valence-electron chi connectivity index (χ1n) is 20.6. The van der Waals surface area contributed by atoms with Gasteiger partial charge < -0.3 is 44.1 Å². The molecule has 0 aliphatic carbocycles. The number of carbonyl (C=O) groups is 6. The molecule has 0 radical (unpaired) electrons. The van der Waals surface area contributed by atoms with E-state index >= 15 is 0 Å². The Labute approximate surface area is 367 Å². The van der Waals surface area contributed by atoms with Crippen LogP contribution < -0.4 is 20.1 Å². The highest BCUT2D eigenvalue weighted by Gasteiger charge is 2.46. The normalized spacial score (nSPS) is 17.3. The third-order valence-electron chi connectivity index (χ3n) is 11.0. The van der Waals surface area contributed by atoms with Gasteiger partial charge >= 0.3 is 6.16 Å². The number of non-ortho nitro benzene ring substituents is 1. The van der Waals surface area contributed by atoms with Crippen molar-refractivity contribution in [3.05, 3.63) is 64.0 Å². The molecule has 20 heteroatoms. The molecule has 1 aliphatic rings. The van der Waals surface area contributed by atoms with Gasteiger partial charge in [-0.15, -0.1) is 0 Å². The highest BCUT2D eigenvalue weighted by Crippen LogP contribution is 2.31. The van der Waals surface area contributed by atoms with E-state index in [9.17, 15) is 43.3 Å². The van der Waals surface area contributed by atoms with Crippen LogP contribution in [0.15, 0.2) is 42.5 Å². The highest BCUT2D eigenvalue weighted by molar-refractivity contribution is 5.99. The Morgan fingerprint density at radius 1 is 0.937 bits per heavy atom. The number of benzene rings is 2. The molecule has 348 valence electrons. The zero-order valence-corrected chi connectivity index (χ0v) is 37.6. The molecule has 6 unspecified atom stereocenters. The largest absolute Gasteiger partial charge is 0.514 e. The molecule has 0 spiro atoms. The van der Waals surface area contributed by atoms with Gasteiger partial charge in [0.2, 0.25) is 23.6 Å². The number of methoxy groups -OCH3 is 3. The maximum atomic E-state index is 14.4. The summed E-state index contributed by atoms with van der Waals surface area (Å²) in [4.78, 5) is 95.4. The third kappa shape index (κ3) is 14.1. The minimum absolute atomic E-state index is 0.00738. The van der Waals surface area contributed by atoms with E-state index in [1.165, 1.54) is 62.3 Å². The second-order valence-corrected chi connectivity index (χ2v) is 15.9. The summed E-state index contributed by atoms with van der Waals surface area (Å²) in [6, 6.07) is 6.48. The van der Waals surface area contributed by atoms with Gasteiger partial charge in [-0.2, -0.15) is 0 Å². The van der Waals surface area contributed by atoms with Crippen molar-refractivity contribution in [2.24, 2.45) is 11.8 Å². The fourth-order valence-corrected chi connectivity index (χ4v) is 7.82. The fourth-order valence-electron chi connectivity index (χ4n) is 7.82. The molecule has 7 atom stereocenters. The van der Waals surface area contributed by atoms with E-state index < -0.39 is 89.3 Å². The van der Waals surface area contributed by atoms with Gasteiger partial charge in [-0.05, 0) is 56.8 Å². The van der Waals surface area contributed by atoms with Crippen molar-refractivity contribution in [1.82, 2.24) is 25.3 Å². The SMILES string of the molecule is CCC[C@@H](C(CC(=O)N1CC(OC(=O)Oc2ccc([N+](=O)[O-])cc2)CC1C(OC)C(C)C(=O)NCC(=O)c1ccc(OC)c(F)c1)OC)N(C)C(=O)CNC(=O)C(C(C)C)N(C)C. The number of carbonyl (C=O) groups excluding carboxylic acids is 6. The molecule has 1 fully saturated rings. The lowest BCUT2D eigenvalue weighted by atomic mass is 9.93. The van der Waals surface area contributed by atoms with Gasteiger partial charge in [0, 0.05) is 45.4 Å². The highest BCUT2D eigenvalue weighted by atomic mass is 19.1. The number of likely N-dealkylation sites (tertiary alicyclic amines) is 1. The molecule has 1 heterocycles. The van der Waals surface area contributed by atoms with Crippen LogP contribution in [0.25, 0.3) is 0 Å². The third-order valence-corrected chi connectivity index (χ3v) is 11.0. The molecule has 63 heavy (non-hydrogen) atoms. The van der Waals surface area contributed by atoms with Crippen LogP contribution in [0, 0.1) is 27.8 Å². The van der Waals surface area contributed by atoms with Crippen molar-refractivity contribution in [2.45, 2.75) is 89.8 Å². The zero-order valence-electron chi connectivity index (χ0n) is 37.6. The lowest BCUT2D eigenvalue weighted by Gasteiger charge is -2.37. The standard InChI is InChI=1S/C43H61FN6O13/c1-11-12-32(48(7)38(53)23-46-42(55)39(25(2)3)47(5)6)36(60-9)21-37(52)49-24-30(63-43(56)62-29-16-14-28(15-17-29)50(57)58)20-33(49)40(61-10)26(4)41(54)45-22-34(51)27-13-18-35(59-8)31(44)19-27/h13-19,25-26,30,32-33,36,39-40H,11-12,20-24H2,1-10H3,(H,45,54)(H,46,55)/t26?,30?,32-,33?,36?,39?,40?/m0/s1. The van der Waals surface area contributed by atoms with Gasteiger partial charge in [0.25, 0.3) is 5.69 Å². The lowest BCUT2D eigenvalue weighted by Crippen LogP contribution is -2.53. The molecule has 0 bridgehead atoms. The Balaban J connectivity index is 1.84. The smallest absolute Gasteiger partial charge is 0.494 e. The Kier molecular flexibility index (Phi) is 19.8. The Bertz CT molecular complexity index is 1910. The molecule has 2 N–H and O–H groups in total. The first-order valence-corrected chi connectivity index (χ1v) is 20.6. The molecule has 0 saturated carbocycles. The van der Waals surface area contributed by atoms with Crippen LogP contribution in [0.2, 0.25) is 0 Å². The summed E-state index contributed by atoms with van der Waals surface area (Å²) in [6.07, 6.45) is -3.17. The minimum Gasteiger partial charge on any atom is -0.494 e. The molecule has 4 amide bonds. The molecule has 3 rings (SSSR count). The van der Waals surface area contributed by atoms with Gasteiger partial charge in [-0.3, -0.25) is 39.0 Å². The second kappa shape index (κ2) is 24.2. The number of ketones is 1. The van der Waals surface area contributed by atoms with Gasteiger partial charge in [0.05, 0.1) is 74.3 Å². The van der Waals surface area contributed by atoms with Crippen LogP contribution in [-0.2, 0) is 33.4 Å². The number of rotatable bonds is 23. The van der Waals surface area contributed by atoms with Crippen LogP contribution in [0.4, 0.5) is 14.9 Å². The van der Waals surface area contributed by atoms with Crippen LogP contribution >= 0.6 is 0 Å². The zero-order chi connectivity index (χ0) is 47.1. The van der Waals surface area contributed by atoms with Crippen LogP contribution in [0.1, 0.15) is 63.7 Å². The molecule has 2 aromatic carbocycles. The van der Waals surface area contributed by atoms with E-state index in [2.05, 4.69) is 10.6 Å². The second-order valence-electron chi connectivity index (χ2n) is 15.9. The summed E-state index contributed by atoms with van der Waals surface area (Å²) in [6.45, 7) is 6.35. The summed E-state index contributed by atoms with van der Waals surface area (Å²) in [5.41, 5.74) is -0.211. The number of hydrogen-bond acceptors (Lipinski definition) is 14. The Morgan fingerprint density at radius 2 is 1.59 bits per heavy atom. The van der Waals surface area contributed by atoms with Crippen LogP contribution in [0.5, 0.6) is 11.5 Å². The number of ether oxygens (including phenoxy) is 5. The topological polar surface area (TPSA) is 225 Å². The molecular formula is C43H61FN6O13. The number of nitro groups is 1. The number of nitrogens with zero attached hydrogens (tertiary/aromatic N) is 4. The first kappa shape index (κ1) is 51.6. The van der Waals surface area contributed by atoms with E-state index in [1.54, 1.807) is 26.0 Å². The summed E-state index contributed by atoms with van der Waals surface area (Å²) in [5, 5.41) is 16.4. The average molecular weight is 889 g/mol. The number of halogens is 1. The van der Waals surface area contributed by atoms with Crippen molar-refractivity contribution in [3.8, 4) is 11.5 Å². The average Bonchev–Trinajstić information content (AvgIpc) is 3.65. The van der Waals surface area contributed by atoms with E-state index in [-0.39, 0.29) is 60.5 Å². The van der Waals surface area contributed by atoms with E-state index in [4.69, 9.17) is 23.7 Å². The van der Waals surface area contributed by atoms with Gasteiger partial charge in [-0.1, -0.05) is 34.1 Å². The molecule has 0 aromatic heterocycles. The van der Waals surface area contributed by atoms with E-state index in [0.29, 0.717) is 12.8 Å². The number of hydrogen-bond donors (Lipinski definition) is 2. The number of likely N-dealkylation sites (N-methyl/N-ethyl adjacent to an activating group) is 2. The number of amides is 4. The lowest BCUT2D eigenvalue weighted by molar-refractivity contribution is -0.384. The summed E-state index contributed by atoms with van der Waals surface area (Å²) < 4.78 is 41.8. The van der Waals surface area contributed by atoms with E-state index in [0.717, 1.165) is 18.2 Å². The molecule has 1 saturated heterocycles. The first-order chi connectivity index (χ1) is 29.8. The Morgan fingerprint density at radius 3 is 2.13 bits per heavy atom. The maximum absolute atomic E-state index is 14.4. The molecule has 2 aromatic rings. The van der Waals surface area contributed by atoms with Crippen molar-refractivity contribution >= 4 is 41.3 Å². The number of nitrogens with one attached hydrogen (secondary N) is 2. The number of nitro benzene ring substituents is 1. The van der Waals surface area contributed by atoms with Crippen molar-refractivity contribution in [3.63, 3.8) is 0 Å². The molecule has 1 aliphatic heterocycles. The Hall–Kier alpha value is -5.73. The van der Waals surface area contributed by atoms with Crippen LogP contribution in [0.3, 0.4) is 0 Å². The maximum Gasteiger partial charge on any atom is 0.514 e. The predicted octanol–water partition coefficient (Wildman–Crippen LogP) is 3.61. The summed E-state index contributed by atoms with van der Waals surface area (Å²) in [5.74, 6) is -4.20. The van der Waals surface area contributed by atoms with Gasteiger partial charge in [-0.25, -0.2) is 9.18 Å². The summed E-state index contributed by atoms with van der Waals surface area (Å²) >= 11 is 0. The minimum atomic E-state index is -1.15. The fraction of sp³-hybridized carbons (Fsp3) is 0.581. The van der Waals surface area contributed by atoms with Crippen molar-refractivity contribution in [1.29, 1.82) is 0 Å². The van der Waals surface area contributed by atoms with Crippen molar-refractivity contribution < 1.29 is 61.8 Å². The number of Topliss-reactive ketones (excluding diaryl/α,β-unsaturated/α-hetero) is 1. The monoisotopic (exact) mass is 888 g/mol. The van der Waals surface area contributed by atoms with Gasteiger partial charge in [0.1, 0.15) is 11.9 Å². The van der Waals surface area contributed by atoms with Crippen molar-refractivity contribution in [2.75, 3.05) is 62.1 Å². The predicted molar refractivity (Wildman–Crippen MR) is 227 cm³/mol. The van der Waals surface area contributed by atoms with Crippen LogP contribution in [-0.4, -0.2) is 154 Å². The molecule has 19 nitrogen and oxygen atoms in total. The molecular weight excluding hydrogens is 827 g/mol. The quantitative estimate of drug-likeness (QED) is 0.0535. The van der Waals surface area contributed by atoms with E-state index in [1.807, 2.05) is 20.8 Å². The summed E-state index contributed by atoms with van der Waals surface area (Å²) in [7, 11) is 9.19.